The van der Waals surface area contributed by atoms with Gasteiger partial charge in [0.1, 0.15) is 0 Å². The minimum Gasteiger partial charge on any atom is -0.416 e. The molecule has 0 aromatic heterocycles. The molecule has 2 aliphatic rings. The number of allylic oxidation sites excluding steroid dienone is 1. The first-order valence-electron chi connectivity index (χ1n) is 9.19. The minimum atomic E-state index is -0.696. The molecule has 0 bridgehead atoms. The summed E-state index contributed by atoms with van der Waals surface area (Å²) in [5.41, 5.74) is 2.91. The second kappa shape index (κ2) is 8.15. The Kier molecular flexibility index (Phi) is 5.26. The van der Waals surface area contributed by atoms with Crippen LogP contribution in [-0.2, 0) is 9.53 Å². The number of carbonyl (C=O) groups excluding carboxylic acids is 1. The third-order valence-corrected chi connectivity index (χ3v) is 4.68. The monoisotopic (exact) mass is 393 g/mol. The number of anilines is 2. The number of ether oxygens (including phenoxy) is 2. The Morgan fingerprint density at radius 3 is 2.76 bits per heavy atom. The van der Waals surface area contributed by atoms with Gasteiger partial charge in [-0.3, -0.25) is 10.1 Å². The summed E-state index contributed by atoms with van der Waals surface area (Å²) in [7, 11) is 0. The van der Waals surface area contributed by atoms with E-state index in [1.165, 1.54) is 18.2 Å². The van der Waals surface area contributed by atoms with E-state index in [1.807, 2.05) is 35.2 Å². The summed E-state index contributed by atoms with van der Waals surface area (Å²) in [6, 6.07) is 12.2. The van der Waals surface area contributed by atoms with E-state index in [0.717, 1.165) is 16.9 Å². The number of nitrogens with zero attached hydrogens (tertiary/aromatic N) is 2. The van der Waals surface area contributed by atoms with Crippen LogP contribution in [0.25, 0.3) is 6.08 Å². The van der Waals surface area contributed by atoms with Crippen molar-refractivity contribution < 1.29 is 19.2 Å². The Morgan fingerprint density at radius 1 is 1.17 bits per heavy atom. The van der Waals surface area contributed by atoms with Gasteiger partial charge in [0, 0.05) is 48.4 Å². The molecule has 2 aliphatic heterocycles. The predicted molar refractivity (Wildman–Crippen MR) is 109 cm³/mol. The van der Waals surface area contributed by atoms with Crippen LogP contribution in [0.4, 0.5) is 17.1 Å². The SMILES string of the molecule is O=C(C=C1C=Cc2ccccc2N1)Oc1cc(N2CCOCC2)ccc1[N+](=O)[O-]. The summed E-state index contributed by atoms with van der Waals surface area (Å²) in [4.78, 5) is 25.3. The highest BCUT2D eigenvalue weighted by Crippen LogP contribution is 2.32. The van der Waals surface area contributed by atoms with Crippen molar-refractivity contribution in [2.75, 3.05) is 36.5 Å². The van der Waals surface area contributed by atoms with E-state index in [4.69, 9.17) is 9.47 Å². The summed E-state index contributed by atoms with van der Waals surface area (Å²) in [5, 5.41) is 14.5. The molecule has 1 N–H and O–H groups in total. The number of morpholine rings is 1. The van der Waals surface area contributed by atoms with Crippen LogP contribution in [0.5, 0.6) is 5.75 Å². The number of carbonyl (C=O) groups is 1. The first-order valence-corrected chi connectivity index (χ1v) is 9.19. The maximum Gasteiger partial charge on any atom is 0.338 e. The third kappa shape index (κ3) is 4.27. The number of fused-ring (bicyclic) bond motifs is 1. The molecule has 8 nitrogen and oxygen atoms in total. The molecule has 1 fully saturated rings. The van der Waals surface area contributed by atoms with Crippen molar-refractivity contribution in [1.82, 2.24) is 0 Å². The lowest BCUT2D eigenvalue weighted by Gasteiger charge is -2.28. The van der Waals surface area contributed by atoms with Gasteiger partial charge in [0.25, 0.3) is 0 Å². The Bertz CT molecular complexity index is 1010. The van der Waals surface area contributed by atoms with Crippen LogP contribution in [0.2, 0.25) is 0 Å². The number of nitrogens with one attached hydrogen (secondary N) is 1. The molecule has 0 radical (unpaired) electrons. The lowest BCUT2D eigenvalue weighted by molar-refractivity contribution is -0.385. The molecule has 29 heavy (non-hydrogen) atoms. The van der Waals surface area contributed by atoms with Crippen LogP contribution < -0.4 is 15.0 Å². The van der Waals surface area contributed by atoms with Crippen LogP contribution in [0, 0.1) is 10.1 Å². The average molecular weight is 393 g/mol. The van der Waals surface area contributed by atoms with Crippen LogP contribution in [-0.4, -0.2) is 37.2 Å². The molecule has 148 valence electrons. The molecule has 0 atom stereocenters. The van der Waals surface area contributed by atoms with E-state index in [2.05, 4.69) is 5.32 Å². The quantitative estimate of drug-likeness (QED) is 0.280. The fourth-order valence-corrected chi connectivity index (χ4v) is 3.24. The van der Waals surface area contributed by atoms with Gasteiger partial charge >= 0.3 is 11.7 Å². The smallest absolute Gasteiger partial charge is 0.338 e. The number of benzene rings is 2. The molecular formula is C21H19N3O5. The molecule has 2 aromatic rings. The van der Waals surface area contributed by atoms with Crippen molar-refractivity contribution >= 4 is 29.1 Å². The summed E-state index contributed by atoms with van der Waals surface area (Å²) in [6.45, 7) is 2.50. The van der Waals surface area contributed by atoms with Gasteiger partial charge < -0.3 is 19.7 Å². The first kappa shape index (κ1) is 18.7. The number of nitro groups is 1. The first-order chi connectivity index (χ1) is 14.1. The van der Waals surface area contributed by atoms with E-state index >= 15 is 0 Å². The largest absolute Gasteiger partial charge is 0.416 e. The number of rotatable bonds is 4. The maximum atomic E-state index is 12.4. The van der Waals surface area contributed by atoms with Crippen molar-refractivity contribution in [1.29, 1.82) is 0 Å². The van der Waals surface area contributed by atoms with Gasteiger partial charge in [0.15, 0.2) is 0 Å². The van der Waals surface area contributed by atoms with Gasteiger partial charge in [-0.2, -0.15) is 0 Å². The highest BCUT2D eigenvalue weighted by molar-refractivity contribution is 5.88. The third-order valence-electron chi connectivity index (χ3n) is 4.68. The lowest BCUT2D eigenvalue weighted by atomic mass is 10.1. The van der Waals surface area contributed by atoms with E-state index in [1.54, 1.807) is 12.1 Å². The molecule has 0 amide bonds. The number of esters is 1. The normalized spacial score (nSPS) is 16.8. The zero-order valence-electron chi connectivity index (χ0n) is 15.5. The van der Waals surface area contributed by atoms with E-state index in [9.17, 15) is 14.9 Å². The van der Waals surface area contributed by atoms with Gasteiger partial charge in [0.2, 0.25) is 5.75 Å². The highest BCUT2D eigenvalue weighted by Gasteiger charge is 2.21. The van der Waals surface area contributed by atoms with E-state index in [-0.39, 0.29) is 11.4 Å². The molecule has 0 aliphatic carbocycles. The Morgan fingerprint density at radius 2 is 1.97 bits per heavy atom. The molecular weight excluding hydrogens is 374 g/mol. The number of hydrogen-bond donors (Lipinski definition) is 1. The molecule has 1 saturated heterocycles. The predicted octanol–water partition coefficient (Wildman–Crippen LogP) is 3.36. The summed E-state index contributed by atoms with van der Waals surface area (Å²) >= 11 is 0. The molecule has 4 rings (SSSR count). The summed E-state index contributed by atoms with van der Waals surface area (Å²) < 4.78 is 10.7. The fraction of sp³-hybridized carbons (Fsp3) is 0.190. The van der Waals surface area contributed by atoms with Crippen LogP contribution >= 0.6 is 0 Å². The van der Waals surface area contributed by atoms with Gasteiger partial charge in [0.05, 0.1) is 18.1 Å². The van der Waals surface area contributed by atoms with Crippen LogP contribution in [0.1, 0.15) is 5.56 Å². The number of para-hydroxylation sites is 1. The second-order valence-electron chi connectivity index (χ2n) is 6.57. The Balaban J connectivity index is 1.54. The topological polar surface area (TPSA) is 93.9 Å². The van der Waals surface area contributed by atoms with Crippen LogP contribution in [0.3, 0.4) is 0 Å². The van der Waals surface area contributed by atoms with Crippen molar-refractivity contribution in [2.45, 2.75) is 0 Å². The minimum absolute atomic E-state index is 0.0824. The molecule has 0 unspecified atom stereocenters. The molecule has 0 saturated carbocycles. The molecule has 8 heteroatoms. The summed E-state index contributed by atoms with van der Waals surface area (Å²) in [5.74, 6) is -0.778. The van der Waals surface area contributed by atoms with Gasteiger partial charge in [-0.05, 0) is 23.8 Å². The number of nitro benzene ring substituents is 1. The van der Waals surface area contributed by atoms with Crippen molar-refractivity contribution in [2.24, 2.45) is 0 Å². The van der Waals surface area contributed by atoms with E-state index < -0.39 is 10.9 Å². The van der Waals surface area contributed by atoms with Crippen molar-refractivity contribution in [3.05, 3.63) is 76.0 Å². The summed E-state index contributed by atoms with van der Waals surface area (Å²) in [6.07, 6.45) is 4.91. The van der Waals surface area contributed by atoms with Crippen molar-refractivity contribution in [3.8, 4) is 5.75 Å². The van der Waals surface area contributed by atoms with Gasteiger partial charge in [-0.1, -0.05) is 24.3 Å². The fourth-order valence-electron chi connectivity index (χ4n) is 3.24. The Labute approximate surface area is 167 Å². The number of hydrogen-bond acceptors (Lipinski definition) is 7. The lowest BCUT2D eigenvalue weighted by Crippen LogP contribution is -2.36. The zero-order chi connectivity index (χ0) is 20.2. The zero-order valence-corrected chi connectivity index (χ0v) is 15.5. The van der Waals surface area contributed by atoms with Gasteiger partial charge in [-0.25, -0.2) is 4.79 Å². The maximum absolute atomic E-state index is 12.4. The standard InChI is InChI=1S/C21H19N3O5/c25-21(13-16-6-5-15-3-1-2-4-18(15)22-16)29-20-14-17(7-8-19(20)24(26)27)23-9-11-28-12-10-23/h1-8,13-14,22H,9-12H2. The molecule has 2 heterocycles. The second-order valence-corrected chi connectivity index (χ2v) is 6.57. The van der Waals surface area contributed by atoms with Gasteiger partial charge in [-0.15, -0.1) is 0 Å². The molecule has 0 spiro atoms. The highest BCUT2D eigenvalue weighted by atomic mass is 16.6. The van der Waals surface area contributed by atoms with Crippen molar-refractivity contribution in [3.63, 3.8) is 0 Å². The Hall–Kier alpha value is -3.65. The average Bonchev–Trinajstić information content (AvgIpc) is 2.74. The van der Waals surface area contributed by atoms with Crippen LogP contribution in [0.15, 0.2) is 60.3 Å². The van der Waals surface area contributed by atoms with E-state index in [0.29, 0.717) is 32.0 Å². The molecule has 2 aromatic carbocycles.